The number of amides is 1. The highest BCUT2D eigenvalue weighted by molar-refractivity contribution is 5.77. The van der Waals surface area contributed by atoms with Crippen LogP contribution in [0.5, 0.6) is 0 Å². The van der Waals surface area contributed by atoms with Gasteiger partial charge in [0.05, 0.1) is 13.2 Å². The van der Waals surface area contributed by atoms with Gasteiger partial charge in [0.25, 0.3) is 0 Å². The van der Waals surface area contributed by atoms with Crippen molar-refractivity contribution in [3.05, 3.63) is 0 Å². The van der Waals surface area contributed by atoms with E-state index in [1.54, 1.807) is 27.7 Å². The van der Waals surface area contributed by atoms with Gasteiger partial charge in [-0.3, -0.25) is 9.59 Å². The number of ether oxygens (including phenoxy) is 3. The fourth-order valence-electron chi connectivity index (χ4n) is 2.06. The van der Waals surface area contributed by atoms with Crippen molar-refractivity contribution in [1.29, 1.82) is 0 Å². The molecular weight excluding hydrogens is 278 g/mol. The lowest BCUT2D eigenvalue weighted by atomic mass is 10.1. The van der Waals surface area contributed by atoms with Gasteiger partial charge in [0, 0.05) is 13.5 Å². The van der Waals surface area contributed by atoms with E-state index < -0.39 is 35.7 Å². The van der Waals surface area contributed by atoms with E-state index >= 15 is 0 Å². The fraction of sp³-hybridized carbons (Fsp3) is 0.786. The van der Waals surface area contributed by atoms with E-state index in [0.29, 0.717) is 0 Å². The molecule has 0 spiro atoms. The third-order valence-corrected chi connectivity index (χ3v) is 2.82. The molecule has 0 bridgehead atoms. The summed E-state index contributed by atoms with van der Waals surface area (Å²) in [6, 6.07) is 0. The molecule has 2 unspecified atom stereocenters. The average Bonchev–Trinajstić information content (AvgIpc) is 2.70. The summed E-state index contributed by atoms with van der Waals surface area (Å²) in [4.78, 5) is 36.4. The average molecular weight is 301 g/mol. The monoisotopic (exact) mass is 301 g/mol. The Labute approximate surface area is 124 Å². The first kappa shape index (κ1) is 17.3. The summed E-state index contributed by atoms with van der Waals surface area (Å²) >= 11 is 0. The van der Waals surface area contributed by atoms with E-state index in [0.717, 1.165) is 0 Å². The lowest BCUT2D eigenvalue weighted by Crippen LogP contribution is -2.36. The number of hydrogen-bond acceptors (Lipinski definition) is 6. The van der Waals surface area contributed by atoms with Gasteiger partial charge in [0.1, 0.15) is 17.6 Å². The van der Waals surface area contributed by atoms with Crippen LogP contribution in [0, 0.1) is 5.92 Å². The summed E-state index contributed by atoms with van der Waals surface area (Å²) in [5.74, 6) is -1.66. The minimum absolute atomic E-state index is 0.117. The molecule has 0 aromatic rings. The van der Waals surface area contributed by atoms with E-state index in [2.05, 4.69) is 0 Å². The van der Waals surface area contributed by atoms with Crippen LogP contribution in [0.25, 0.3) is 0 Å². The van der Waals surface area contributed by atoms with Crippen molar-refractivity contribution < 1.29 is 28.6 Å². The second kappa shape index (κ2) is 6.78. The molecule has 0 radical (unpaired) electrons. The molecule has 1 saturated heterocycles. The quantitative estimate of drug-likeness (QED) is 0.578. The summed E-state index contributed by atoms with van der Waals surface area (Å²) in [7, 11) is 0. The summed E-state index contributed by atoms with van der Waals surface area (Å²) < 4.78 is 15.3. The van der Waals surface area contributed by atoms with Crippen molar-refractivity contribution in [3.63, 3.8) is 0 Å². The maximum Gasteiger partial charge on any atom is 0.410 e. The predicted octanol–water partition coefficient (Wildman–Crippen LogP) is 1.35. The molecule has 120 valence electrons. The third-order valence-electron chi connectivity index (χ3n) is 2.82. The highest BCUT2D eigenvalue weighted by Gasteiger charge is 2.43. The number of likely N-dealkylation sites (tertiary alicyclic amines) is 1. The molecular formula is C14H23NO6. The zero-order valence-electron chi connectivity index (χ0n) is 13.2. The number of esters is 2. The standard InChI is InChI=1S/C14H23NO6/c1-6-19-12(17)10-7-15(8-11(10)20-9(2)16)13(18)21-14(3,4)5/h10-11H,6-8H2,1-5H3. The molecule has 1 aliphatic rings. The first-order chi connectivity index (χ1) is 9.64. The number of rotatable bonds is 3. The second-order valence-corrected chi connectivity index (χ2v) is 5.89. The van der Waals surface area contributed by atoms with Crippen molar-refractivity contribution in [2.45, 2.75) is 46.3 Å². The van der Waals surface area contributed by atoms with Crippen molar-refractivity contribution in [2.75, 3.05) is 19.7 Å². The van der Waals surface area contributed by atoms with Crippen molar-refractivity contribution in [2.24, 2.45) is 5.92 Å². The van der Waals surface area contributed by atoms with Gasteiger partial charge in [0.2, 0.25) is 0 Å². The Morgan fingerprint density at radius 3 is 2.29 bits per heavy atom. The normalized spacial score (nSPS) is 21.9. The lowest BCUT2D eigenvalue weighted by Gasteiger charge is -2.24. The molecule has 1 rings (SSSR count). The zero-order valence-corrected chi connectivity index (χ0v) is 13.2. The molecule has 1 aliphatic heterocycles. The minimum Gasteiger partial charge on any atom is -0.466 e. The van der Waals surface area contributed by atoms with E-state index in [-0.39, 0.29) is 19.7 Å². The Hall–Kier alpha value is -1.79. The predicted molar refractivity (Wildman–Crippen MR) is 73.5 cm³/mol. The SMILES string of the molecule is CCOC(=O)C1CN(C(=O)OC(C)(C)C)CC1OC(C)=O. The minimum atomic E-state index is -0.700. The molecule has 1 fully saturated rings. The molecule has 21 heavy (non-hydrogen) atoms. The maximum atomic E-state index is 12.0. The van der Waals surface area contributed by atoms with Gasteiger partial charge in [-0.05, 0) is 27.7 Å². The molecule has 0 saturated carbocycles. The topological polar surface area (TPSA) is 82.1 Å². The number of carbonyl (C=O) groups excluding carboxylic acids is 3. The van der Waals surface area contributed by atoms with Crippen LogP contribution in [0.4, 0.5) is 4.79 Å². The van der Waals surface area contributed by atoms with Gasteiger partial charge in [-0.2, -0.15) is 0 Å². The maximum absolute atomic E-state index is 12.0. The highest BCUT2D eigenvalue weighted by Crippen LogP contribution is 2.23. The largest absolute Gasteiger partial charge is 0.466 e. The number of hydrogen-bond donors (Lipinski definition) is 0. The van der Waals surface area contributed by atoms with Gasteiger partial charge in [-0.25, -0.2) is 4.79 Å². The molecule has 0 N–H and O–H groups in total. The van der Waals surface area contributed by atoms with Gasteiger partial charge in [0.15, 0.2) is 0 Å². The Morgan fingerprint density at radius 1 is 1.19 bits per heavy atom. The second-order valence-electron chi connectivity index (χ2n) is 5.89. The summed E-state index contributed by atoms with van der Waals surface area (Å²) in [5.41, 5.74) is -0.629. The van der Waals surface area contributed by atoms with E-state index in [4.69, 9.17) is 14.2 Å². The Bertz CT molecular complexity index is 414. The van der Waals surface area contributed by atoms with Crippen LogP contribution >= 0.6 is 0 Å². The molecule has 7 heteroatoms. The molecule has 0 aromatic heterocycles. The van der Waals surface area contributed by atoms with E-state index in [9.17, 15) is 14.4 Å². The molecule has 7 nitrogen and oxygen atoms in total. The number of carbonyl (C=O) groups is 3. The van der Waals surface area contributed by atoms with E-state index in [1.165, 1.54) is 11.8 Å². The smallest absolute Gasteiger partial charge is 0.410 e. The van der Waals surface area contributed by atoms with Crippen LogP contribution in [-0.2, 0) is 23.8 Å². The molecule has 0 aliphatic carbocycles. The van der Waals surface area contributed by atoms with Gasteiger partial charge in [-0.15, -0.1) is 0 Å². The zero-order chi connectivity index (χ0) is 16.2. The summed E-state index contributed by atoms with van der Waals surface area (Å²) in [6.45, 7) is 8.70. The fourth-order valence-corrected chi connectivity index (χ4v) is 2.06. The summed E-state index contributed by atoms with van der Waals surface area (Å²) in [6.07, 6.45) is -1.24. The molecule has 2 atom stereocenters. The Balaban J connectivity index is 2.77. The summed E-state index contributed by atoms with van der Waals surface area (Å²) in [5, 5.41) is 0. The number of nitrogens with zero attached hydrogens (tertiary/aromatic N) is 1. The van der Waals surface area contributed by atoms with Gasteiger partial charge in [-0.1, -0.05) is 0 Å². The van der Waals surface area contributed by atoms with Crippen LogP contribution in [-0.4, -0.2) is 54.3 Å². The highest BCUT2D eigenvalue weighted by atomic mass is 16.6. The van der Waals surface area contributed by atoms with Crippen LogP contribution in [0.1, 0.15) is 34.6 Å². The van der Waals surface area contributed by atoms with Crippen LogP contribution < -0.4 is 0 Å². The van der Waals surface area contributed by atoms with Gasteiger partial charge >= 0.3 is 18.0 Å². The molecule has 1 heterocycles. The Morgan fingerprint density at radius 2 is 1.81 bits per heavy atom. The van der Waals surface area contributed by atoms with Crippen LogP contribution in [0.3, 0.4) is 0 Å². The lowest BCUT2D eigenvalue weighted by molar-refractivity contribution is -0.157. The third kappa shape index (κ3) is 5.24. The van der Waals surface area contributed by atoms with Crippen LogP contribution in [0.15, 0.2) is 0 Å². The van der Waals surface area contributed by atoms with Crippen LogP contribution in [0.2, 0.25) is 0 Å². The van der Waals surface area contributed by atoms with Crippen molar-refractivity contribution in [1.82, 2.24) is 4.90 Å². The first-order valence-corrected chi connectivity index (χ1v) is 6.95. The van der Waals surface area contributed by atoms with Crippen molar-refractivity contribution >= 4 is 18.0 Å². The first-order valence-electron chi connectivity index (χ1n) is 6.95. The molecule has 1 amide bonds. The Kier molecular flexibility index (Phi) is 5.57. The van der Waals surface area contributed by atoms with Gasteiger partial charge < -0.3 is 19.1 Å². The van der Waals surface area contributed by atoms with E-state index in [1.807, 2.05) is 0 Å². The van der Waals surface area contributed by atoms with Crippen molar-refractivity contribution in [3.8, 4) is 0 Å². The molecule has 0 aromatic carbocycles.